The van der Waals surface area contributed by atoms with E-state index in [-0.39, 0.29) is 5.91 Å². The lowest BCUT2D eigenvalue weighted by Gasteiger charge is -2.10. The average Bonchev–Trinajstić information content (AvgIpc) is 2.56. The van der Waals surface area contributed by atoms with E-state index in [4.69, 9.17) is 16.6 Å². The van der Waals surface area contributed by atoms with Gasteiger partial charge in [0.25, 0.3) is 0 Å². The third-order valence-electron chi connectivity index (χ3n) is 4.12. The number of nitrogens with one attached hydrogen (secondary N) is 1. The number of hydrogen-bond acceptors (Lipinski definition) is 3. The Morgan fingerprint density at radius 2 is 1.92 bits per heavy atom. The average molecular weight is 385 g/mol. The van der Waals surface area contributed by atoms with Gasteiger partial charge in [-0.15, -0.1) is 11.8 Å². The van der Waals surface area contributed by atoms with Crippen molar-refractivity contribution in [3.05, 3.63) is 64.2 Å². The predicted molar refractivity (Wildman–Crippen MR) is 111 cm³/mol. The van der Waals surface area contributed by atoms with E-state index in [9.17, 15) is 4.79 Å². The molecule has 26 heavy (non-hydrogen) atoms. The fourth-order valence-corrected chi connectivity index (χ4v) is 4.03. The van der Waals surface area contributed by atoms with Crippen LogP contribution >= 0.6 is 23.4 Å². The Bertz CT molecular complexity index is 972. The molecule has 2 aromatic carbocycles. The van der Waals surface area contributed by atoms with Gasteiger partial charge >= 0.3 is 0 Å². The standard InChI is InChI=1S/C21H21ClN2OS/c1-13-9-15(3)21-18(10-13)14(2)11-20(24-21)26-8-7-19(25)23-17-6-4-5-16(22)12-17/h4-6,9-12H,7-8H2,1-3H3,(H,23,25). The van der Waals surface area contributed by atoms with Crippen molar-refractivity contribution in [1.82, 2.24) is 4.98 Å². The number of carbonyl (C=O) groups excluding carboxylic acids is 1. The molecule has 0 unspecified atom stereocenters. The first-order valence-corrected chi connectivity index (χ1v) is 9.85. The van der Waals surface area contributed by atoms with E-state index in [0.717, 1.165) is 16.2 Å². The lowest BCUT2D eigenvalue weighted by molar-refractivity contribution is -0.115. The number of aromatic nitrogens is 1. The fraction of sp³-hybridized carbons (Fsp3) is 0.238. The highest BCUT2D eigenvalue weighted by Crippen LogP contribution is 2.27. The van der Waals surface area contributed by atoms with Gasteiger partial charge in [0.05, 0.1) is 10.5 Å². The minimum absolute atomic E-state index is 0.0240. The summed E-state index contributed by atoms with van der Waals surface area (Å²) in [5.41, 5.74) is 5.41. The highest BCUT2D eigenvalue weighted by molar-refractivity contribution is 7.99. The molecule has 0 atom stereocenters. The van der Waals surface area contributed by atoms with Gasteiger partial charge in [-0.2, -0.15) is 0 Å². The summed E-state index contributed by atoms with van der Waals surface area (Å²) < 4.78 is 0. The van der Waals surface area contributed by atoms with E-state index in [0.29, 0.717) is 17.2 Å². The van der Waals surface area contributed by atoms with E-state index < -0.39 is 0 Å². The van der Waals surface area contributed by atoms with Gasteiger partial charge in [0.15, 0.2) is 0 Å². The number of benzene rings is 2. The molecule has 0 aliphatic heterocycles. The first-order valence-electron chi connectivity index (χ1n) is 8.49. The van der Waals surface area contributed by atoms with Gasteiger partial charge in [0.1, 0.15) is 0 Å². The van der Waals surface area contributed by atoms with Gasteiger partial charge in [0, 0.05) is 28.3 Å². The minimum atomic E-state index is -0.0240. The van der Waals surface area contributed by atoms with Gasteiger partial charge in [-0.05, 0) is 62.2 Å². The van der Waals surface area contributed by atoms with Crippen molar-refractivity contribution in [2.24, 2.45) is 0 Å². The number of nitrogens with zero attached hydrogens (tertiary/aromatic N) is 1. The zero-order valence-corrected chi connectivity index (χ0v) is 16.7. The summed E-state index contributed by atoms with van der Waals surface area (Å²) in [5, 5.41) is 5.63. The Morgan fingerprint density at radius 3 is 2.69 bits per heavy atom. The third kappa shape index (κ3) is 4.57. The monoisotopic (exact) mass is 384 g/mol. The van der Waals surface area contributed by atoms with E-state index in [2.05, 4.69) is 44.3 Å². The molecule has 3 rings (SSSR count). The van der Waals surface area contributed by atoms with Crippen molar-refractivity contribution < 1.29 is 4.79 Å². The number of rotatable bonds is 5. The van der Waals surface area contributed by atoms with Crippen LogP contribution in [-0.2, 0) is 4.79 Å². The van der Waals surface area contributed by atoms with Crippen molar-refractivity contribution in [2.75, 3.05) is 11.1 Å². The lowest BCUT2D eigenvalue weighted by atomic mass is 10.0. The molecule has 0 bridgehead atoms. The van der Waals surface area contributed by atoms with Crippen molar-refractivity contribution in [1.29, 1.82) is 0 Å². The summed E-state index contributed by atoms with van der Waals surface area (Å²) in [6, 6.07) is 13.6. The number of anilines is 1. The molecule has 1 amide bonds. The Hall–Kier alpha value is -2.04. The van der Waals surface area contributed by atoms with Crippen LogP contribution in [0.15, 0.2) is 47.5 Å². The second-order valence-electron chi connectivity index (χ2n) is 6.41. The van der Waals surface area contributed by atoms with Crippen LogP contribution in [0.3, 0.4) is 0 Å². The Balaban J connectivity index is 1.64. The molecule has 0 spiro atoms. The first kappa shape index (κ1) is 18.7. The molecule has 0 saturated carbocycles. The van der Waals surface area contributed by atoms with Crippen LogP contribution in [0.1, 0.15) is 23.1 Å². The van der Waals surface area contributed by atoms with Crippen LogP contribution in [0.2, 0.25) is 5.02 Å². The molecule has 3 aromatic rings. The first-order chi connectivity index (χ1) is 12.4. The molecular formula is C21H21ClN2OS. The molecule has 1 heterocycles. The highest BCUT2D eigenvalue weighted by atomic mass is 35.5. The number of pyridine rings is 1. The molecule has 0 fully saturated rings. The predicted octanol–water partition coefficient (Wildman–Crippen LogP) is 5.93. The largest absolute Gasteiger partial charge is 0.326 e. The molecular weight excluding hydrogens is 364 g/mol. The summed E-state index contributed by atoms with van der Waals surface area (Å²) in [4.78, 5) is 16.9. The summed E-state index contributed by atoms with van der Waals surface area (Å²) in [6.07, 6.45) is 0.419. The fourth-order valence-electron chi connectivity index (χ4n) is 2.93. The highest BCUT2D eigenvalue weighted by Gasteiger charge is 2.08. The van der Waals surface area contributed by atoms with Gasteiger partial charge in [-0.1, -0.05) is 29.3 Å². The van der Waals surface area contributed by atoms with Crippen molar-refractivity contribution in [3.8, 4) is 0 Å². The second-order valence-corrected chi connectivity index (χ2v) is 7.96. The number of thioether (sulfide) groups is 1. The van der Waals surface area contributed by atoms with E-state index in [1.165, 1.54) is 22.1 Å². The molecule has 0 aliphatic rings. The lowest BCUT2D eigenvalue weighted by Crippen LogP contribution is -2.12. The molecule has 1 aromatic heterocycles. The van der Waals surface area contributed by atoms with Crippen LogP contribution in [-0.4, -0.2) is 16.6 Å². The van der Waals surface area contributed by atoms with Crippen LogP contribution < -0.4 is 5.32 Å². The topological polar surface area (TPSA) is 42.0 Å². The number of hydrogen-bond donors (Lipinski definition) is 1. The van der Waals surface area contributed by atoms with Crippen LogP contribution in [0.25, 0.3) is 10.9 Å². The SMILES string of the molecule is Cc1cc(C)c2nc(SCCC(=O)Nc3cccc(Cl)c3)cc(C)c2c1. The van der Waals surface area contributed by atoms with Crippen molar-refractivity contribution in [2.45, 2.75) is 32.2 Å². The van der Waals surface area contributed by atoms with Crippen molar-refractivity contribution in [3.63, 3.8) is 0 Å². The normalized spacial score (nSPS) is 10.9. The number of carbonyl (C=O) groups is 1. The van der Waals surface area contributed by atoms with Crippen LogP contribution in [0.4, 0.5) is 5.69 Å². The summed E-state index contributed by atoms with van der Waals surface area (Å²) in [5.74, 6) is 0.652. The second kappa shape index (κ2) is 8.11. The molecule has 134 valence electrons. The molecule has 0 saturated heterocycles. The van der Waals surface area contributed by atoms with Gasteiger partial charge < -0.3 is 5.32 Å². The zero-order valence-electron chi connectivity index (χ0n) is 15.1. The molecule has 3 nitrogen and oxygen atoms in total. The number of fused-ring (bicyclic) bond motifs is 1. The summed E-state index contributed by atoms with van der Waals surface area (Å²) in [7, 11) is 0. The van der Waals surface area contributed by atoms with Gasteiger partial charge in [-0.3, -0.25) is 4.79 Å². The van der Waals surface area contributed by atoms with Gasteiger partial charge in [0.2, 0.25) is 5.91 Å². The van der Waals surface area contributed by atoms with E-state index >= 15 is 0 Å². The van der Waals surface area contributed by atoms with E-state index in [1.54, 1.807) is 23.9 Å². The molecule has 0 radical (unpaired) electrons. The number of aryl methyl sites for hydroxylation is 3. The van der Waals surface area contributed by atoms with Crippen LogP contribution in [0.5, 0.6) is 0 Å². The zero-order chi connectivity index (χ0) is 18.7. The quantitative estimate of drug-likeness (QED) is 0.554. The maximum absolute atomic E-state index is 12.1. The molecule has 1 N–H and O–H groups in total. The van der Waals surface area contributed by atoms with Gasteiger partial charge in [-0.25, -0.2) is 4.98 Å². The van der Waals surface area contributed by atoms with E-state index in [1.807, 2.05) is 12.1 Å². The number of amides is 1. The van der Waals surface area contributed by atoms with Crippen LogP contribution in [0, 0.1) is 20.8 Å². The summed E-state index contributed by atoms with van der Waals surface area (Å²) >= 11 is 7.54. The Labute approximate surface area is 163 Å². The minimum Gasteiger partial charge on any atom is -0.326 e. The smallest absolute Gasteiger partial charge is 0.225 e. The van der Waals surface area contributed by atoms with Crippen molar-refractivity contribution >= 4 is 45.9 Å². The Kier molecular flexibility index (Phi) is 5.84. The number of halogens is 1. The summed E-state index contributed by atoms with van der Waals surface area (Å²) in [6.45, 7) is 6.31. The molecule has 5 heteroatoms. The molecule has 0 aliphatic carbocycles. The Morgan fingerprint density at radius 1 is 1.12 bits per heavy atom. The maximum Gasteiger partial charge on any atom is 0.225 e. The third-order valence-corrected chi connectivity index (χ3v) is 5.27. The maximum atomic E-state index is 12.1.